The van der Waals surface area contributed by atoms with Gasteiger partial charge in [0.1, 0.15) is 0 Å². The third-order valence-electron chi connectivity index (χ3n) is 6.40. The van der Waals surface area contributed by atoms with Crippen molar-refractivity contribution in [1.29, 1.82) is 0 Å². The highest BCUT2D eigenvalue weighted by molar-refractivity contribution is 5.75. The van der Waals surface area contributed by atoms with Crippen molar-refractivity contribution in [3.8, 4) is 0 Å². The lowest BCUT2D eigenvalue weighted by atomic mass is 9.86. The van der Waals surface area contributed by atoms with Crippen LogP contribution in [0.4, 0.5) is 10.7 Å². The number of nitrogens with zero attached hydrogens (tertiary/aromatic N) is 5. The summed E-state index contributed by atoms with van der Waals surface area (Å²) in [6.45, 7) is 12.3. The highest BCUT2D eigenvalue weighted by Gasteiger charge is 2.31. The van der Waals surface area contributed by atoms with Gasteiger partial charge in [-0.25, -0.2) is 14.8 Å². The molecule has 1 aromatic carbocycles. The summed E-state index contributed by atoms with van der Waals surface area (Å²) in [4.78, 5) is 28.3. The minimum absolute atomic E-state index is 0.0215. The molecule has 2 aliphatic rings. The van der Waals surface area contributed by atoms with Gasteiger partial charge in [-0.05, 0) is 29.0 Å². The third kappa shape index (κ3) is 5.34. The van der Waals surface area contributed by atoms with Gasteiger partial charge in [-0.15, -0.1) is 0 Å². The standard InChI is InChI=1S/C24H34N6O/c1-24(2,3)21(18-28-12-9-19-7-4-5-8-20(19)17-28)27-23(31)30-15-13-29(14-16-30)22-25-10-6-11-26-22/h4-8,10-11,21H,9,12-18H2,1-3H3,(H,27,31)/t21-/m1/s1. The predicted molar refractivity (Wildman–Crippen MR) is 123 cm³/mol. The summed E-state index contributed by atoms with van der Waals surface area (Å²) in [7, 11) is 0. The van der Waals surface area contributed by atoms with Crippen LogP contribution in [0.3, 0.4) is 0 Å². The molecule has 1 fully saturated rings. The highest BCUT2D eigenvalue weighted by Crippen LogP contribution is 2.24. The SMILES string of the molecule is CC(C)(C)[C@@H](CN1CCc2ccccc2C1)NC(=O)N1CCN(c2ncccn2)CC1. The molecule has 1 saturated heterocycles. The molecule has 31 heavy (non-hydrogen) atoms. The Kier molecular flexibility index (Phi) is 6.41. The number of urea groups is 1. The number of anilines is 1. The van der Waals surface area contributed by atoms with Gasteiger partial charge in [-0.2, -0.15) is 0 Å². The average Bonchev–Trinajstić information content (AvgIpc) is 2.78. The number of piperazine rings is 1. The number of carbonyl (C=O) groups excluding carboxylic acids is 1. The number of amides is 2. The fourth-order valence-corrected chi connectivity index (χ4v) is 4.31. The van der Waals surface area contributed by atoms with Gasteiger partial charge < -0.3 is 15.1 Å². The zero-order chi connectivity index (χ0) is 21.8. The number of fused-ring (bicyclic) bond motifs is 1. The molecule has 7 heteroatoms. The van der Waals surface area contributed by atoms with E-state index in [0.29, 0.717) is 13.1 Å². The first kappa shape index (κ1) is 21.6. The molecular weight excluding hydrogens is 388 g/mol. The van der Waals surface area contributed by atoms with Crippen LogP contribution in [0, 0.1) is 5.41 Å². The minimum atomic E-state index is -0.0215. The Hall–Kier alpha value is -2.67. The normalized spacial score (nSPS) is 18.4. The van der Waals surface area contributed by atoms with Gasteiger partial charge in [-0.1, -0.05) is 45.0 Å². The summed E-state index contributed by atoms with van der Waals surface area (Å²) < 4.78 is 0. The molecule has 0 bridgehead atoms. The lowest BCUT2D eigenvalue weighted by Gasteiger charge is -2.40. The molecule has 2 aliphatic heterocycles. The molecule has 2 aromatic rings. The predicted octanol–water partition coefficient (Wildman–Crippen LogP) is 2.78. The molecule has 0 spiro atoms. The van der Waals surface area contributed by atoms with Crippen molar-refractivity contribution in [2.75, 3.05) is 44.2 Å². The molecule has 0 aliphatic carbocycles. The minimum Gasteiger partial charge on any atom is -0.337 e. The van der Waals surface area contributed by atoms with E-state index in [9.17, 15) is 4.79 Å². The van der Waals surface area contributed by atoms with E-state index in [0.717, 1.165) is 45.1 Å². The van der Waals surface area contributed by atoms with E-state index >= 15 is 0 Å². The zero-order valence-electron chi connectivity index (χ0n) is 18.9. The molecule has 166 valence electrons. The first-order valence-electron chi connectivity index (χ1n) is 11.3. The fourth-order valence-electron chi connectivity index (χ4n) is 4.31. The maximum absolute atomic E-state index is 13.1. The van der Waals surface area contributed by atoms with Crippen LogP contribution in [0.15, 0.2) is 42.7 Å². The Morgan fingerprint density at radius 2 is 1.68 bits per heavy atom. The molecule has 1 atom stereocenters. The van der Waals surface area contributed by atoms with Gasteiger partial charge in [-0.3, -0.25) is 4.90 Å². The van der Waals surface area contributed by atoms with E-state index in [2.05, 4.69) is 70.1 Å². The van der Waals surface area contributed by atoms with Crippen molar-refractivity contribution in [2.45, 2.75) is 39.8 Å². The Morgan fingerprint density at radius 1 is 1.00 bits per heavy atom. The van der Waals surface area contributed by atoms with Crippen LogP contribution >= 0.6 is 0 Å². The lowest BCUT2D eigenvalue weighted by molar-refractivity contribution is 0.145. The zero-order valence-corrected chi connectivity index (χ0v) is 18.9. The molecule has 0 radical (unpaired) electrons. The third-order valence-corrected chi connectivity index (χ3v) is 6.40. The summed E-state index contributed by atoms with van der Waals surface area (Å²) in [5.41, 5.74) is 2.84. The van der Waals surface area contributed by atoms with Crippen LogP contribution in [0.5, 0.6) is 0 Å². The van der Waals surface area contributed by atoms with Crippen LogP contribution in [-0.4, -0.2) is 71.1 Å². The van der Waals surface area contributed by atoms with Crippen LogP contribution in [0.1, 0.15) is 31.9 Å². The Balaban J connectivity index is 1.34. The number of hydrogen-bond acceptors (Lipinski definition) is 5. The quantitative estimate of drug-likeness (QED) is 0.821. The van der Waals surface area contributed by atoms with E-state index < -0.39 is 0 Å². The fraction of sp³-hybridized carbons (Fsp3) is 0.542. The summed E-state index contributed by atoms with van der Waals surface area (Å²) in [5.74, 6) is 0.737. The second-order valence-electron chi connectivity index (χ2n) is 9.64. The monoisotopic (exact) mass is 422 g/mol. The van der Waals surface area contributed by atoms with Crippen molar-refractivity contribution in [3.63, 3.8) is 0 Å². The summed E-state index contributed by atoms with van der Waals surface area (Å²) in [5, 5.41) is 3.35. The van der Waals surface area contributed by atoms with Crippen molar-refractivity contribution in [2.24, 2.45) is 5.41 Å². The Bertz CT molecular complexity index is 873. The van der Waals surface area contributed by atoms with Crippen LogP contribution in [0.25, 0.3) is 0 Å². The average molecular weight is 423 g/mol. The summed E-state index contributed by atoms with van der Waals surface area (Å²) in [6.07, 6.45) is 4.59. The van der Waals surface area contributed by atoms with E-state index in [1.54, 1.807) is 12.4 Å². The first-order valence-corrected chi connectivity index (χ1v) is 11.3. The van der Waals surface area contributed by atoms with E-state index in [-0.39, 0.29) is 17.5 Å². The molecule has 3 heterocycles. The largest absolute Gasteiger partial charge is 0.337 e. The van der Waals surface area contributed by atoms with Gasteiger partial charge in [0, 0.05) is 64.2 Å². The van der Waals surface area contributed by atoms with Gasteiger partial charge in [0.05, 0.1) is 0 Å². The number of benzene rings is 1. The molecule has 0 unspecified atom stereocenters. The van der Waals surface area contributed by atoms with Crippen LogP contribution < -0.4 is 10.2 Å². The molecular formula is C24H34N6O. The van der Waals surface area contributed by atoms with Gasteiger partial charge in [0.2, 0.25) is 5.95 Å². The summed E-state index contributed by atoms with van der Waals surface area (Å²) in [6, 6.07) is 10.6. The van der Waals surface area contributed by atoms with Gasteiger partial charge in [0.15, 0.2) is 0 Å². The van der Waals surface area contributed by atoms with E-state index in [4.69, 9.17) is 0 Å². The molecule has 0 saturated carbocycles. The van der Waals surface area contributed by atoms with Crippen LogP contribution in [-0.2, 0) is 13.0 Å². The topological polar surface area (TPSA) is 64.6 Å². The molecule has 1 N–H and O–H groups in total. The van der Waals surface area contributed by atoms with E-state index in [1.807, 2.05) is 11.0 Å². The van der Waals surface area contributed by atoms with Crippen molar-refractivity contribution in [1.82, 2.24) is 25.1 Å². The summed E-state index contributed by atoms with van der Waals surface area (Å²) >= 11 is 0. The number of rotatable bonds is 4. The molecule has 2 amide bonds. The Labute approximate surface area is 185 Å². The van der Waals surface area contributed by atoms with Crippen LogP contribution in [0.2, 0.25) is 0 Å². The number of carbonyl (C=O) groups is 1. The number of hydrogen-bond donors (Lipinski definition) is 1. The molecule has 7 nitrogen and oxygen atoms in total. The van der Waals surface area contributed by atoms with Crippen molar-refractivity contribution in [3.05, 3.63) is 53.9 Å². The highest BCUT2D eigenvalue weighted by atomic mass is 16.2. The first-order chi connectivity index (χ1) is 14.9. The van der Waals surface area contributed by atoms with Gasteiger partial charge in [0.25, 0.3) is 0 Å². The maximum atomic E-state index is 13.1. The second-order valence-corrected chi connectivity index (χ2v) is 9.64. The smallest absolute Gasteiger partial charge is 0.317 e. The number of aromatic nitrogens is 2. The lowest BCUT2D eigenvalue weighted by Crippen LogP contribution is -2.58. The Morgan fingerprint density at radius 3 is 2.35 bits per heavy atom. The second kappa shape index (κ2) is 9.22. The van der Waals surface area contributed by atoms with Gasteiger partial charge >= 0.3 is 6.03 Å². The van der Waals surface area contributed by atoms with Crippen molar-refractivity contribution >= 4 is 12.0 Å². The molecule has 4 rings (SSSR count). The number of nitrogens with one attached hydrogen (secondary N) is 1. The van der Waals surface area contributed by atoms with Crippen molar-refractivity contribution < 1.29 is 4.79 Å². The molecule has 1 aromatic heterocycles. The maximum Gasteiger partial charge on any atom is 0.317 e. The van der Waals surface area contributed by atoms with E-state index in [1.165, 1.54) is 11.1 Å².